The summed E-state index contributed by atoms with van der Waals surface area (Å²) in [7, 11) is 1.65. The maximum absolute atomic E-state index is 12.9. The maximum atomic E-state index is 12.9. The number of hydrogen-bond acceptors (Lipinski definition) is 3. The van der Waals surface area contributed by atoms with E-state index in [0.29, 0.717) is 0 Å². The highest BCUT2D eigenvalue weighted by Gasteiger charge is 2.27. The predicted octanol–water partition coefficient (Wildman–Crippen LogP) is 4.68. The summed E-state index contributed by atoms with van der Waals surface area (Å²) in [6, 6.07) is 14.0. The van der Waals surface area contributed by atoms with Crippen molar-refractivity contribution < 1.29 is 9.53 Å². The molecule has 3 rings (SSSR count). The second kappa shape index (κ2) is 5.94. The third-order valence-corrected chi connectivity index (χ3v) is 5.10. The third-order valence-electron chi connectivity index (χ3n) is 3.99. The Labute approximate surface area is 129 Å². The first kappa shape index (κ1) is 14.2. The Hall–Kier alpha value is -1.74. The fraction of sp³-hybridized carbons (Fsp3) is 0.278. The number of methoxy groups -OCH3 is 1. The quantitative estimate of drug-likeness (QED) is 0.805. The van der Waals surface area contributed by atoms with E-state index in [2.05, 4.69) is 19.1 Å². The summed E-state index contributed by atoms with van der Waals surface area (Å²) in [6.07, 6.45) is 0.825. The molecule has 1 aliphatic heterocycles. The molecule has 2 aromatic rings. The summed E-state index contributed by atoms with van der Waals surface area (Å²) in [5.41, 5.74) is 3.26. The van der Waals surface area contributed by atoms with E-state index in [1.807, 2.05) is 30.3 Å². The average molecular weight is 298 g/mol. The summed E-state index contributed by atoms with van der Waals surface area (Å²) in [5, 5.41) is 0. The SMILES string of the molecule is CC[C@H]1C(=O)c2ccc(OC)cc2SCc2ccccc21. The number of ether oxygens (including phenoxy) is 1. The van der Waals surface area contributed by atoms with Gasteiger partial charge in [0.2, 0.25) is 0 Å². The van der Waals surface area contributed by atoms with Crippen LogP contribution in [0.25, 0.3) is 0 Å². The number of ketones is 1. The van der Waals surface area contributed by atoms with Crippen molar-refractivity contribution in [2.24, 2.45) is 0 Å². The first-order chi connectivity index (χ1) is 10.2. The molecule has 0 aromatic heterocycles. The van der Waals surface area contributed by atoms with E-state index in [0.717, 1.165) is 28.4 Å². The minimum absolute atomic E-state index is 0.0470. The van der Waals surface area contributed by atoms with Gasteiger partial charge in [0.1, 0.15) is 5.75 Å². The Morgan fingerprint density at radius 1 is 1.24 bits per heavy atom. The summed E-state index contributed by atoms with van der Waals surface area (Å²) in [5.74, 6) is 1.86. The molecule has 1 heterocycles. The largest absolute Gasteiger partial charge is 0.497 e. The van der Waals surface area contributed by atoms with E-state index in [1.54, 1.807) is 18.9 Å². The molecule has 0 N–H and O–H groups in total. The predicted molar refractivity (Wildman–Crippen MR) is 86.4 cm³/mol. The molecule has 108 valence electrons. The second-order valence-corrected chi connectivity index (χ2v) is 6.19. The van der Waals surface area contributed by atoms with Crippen molar-refractivity contribution >= 4 is 17.5 Å². The van der Waals surface area contributed by atoms with Gasteiger partial charge in [0, 0.05) is 22.1 Å². The minimum Gasteiger partial charge on any atom is -0.497 e. The normalized spacial score (nSPS) is 17.4. The molecule has 0 saturated carbocycles. The van der Waals surface area contributed by atoms with Crippen molar-refractivity contribution in [1.82, 2.24) is 0 Å². The molecule has 0 spiro atoms. The van der Waals surface area contributed by atoms with Crippen LogP contribution in [0, 0.1) is 0 Å². The molecule has 0 saturated heterocycles. The zero-order valence-corrected chi connectivity index (χ0v) is 13.1. The van der Waals surface area contributed by atoms with Gasteiger partial charge < -0.3 is 4.74 Å². The Balaban J connectivity index is 2.12. The van der Waals surface area contributed by atoms with Crippen LogP contribution in [0.2, 0.25) is 0 Å². The van der Waals surface area contributed by atoms with Crippen LogP contribution in [0.5, 0.6) is 5.75 Å². The average Bonchev–Trinajstić information content (AvgIpc) is 2.53. The number of thioether (sulfide) groups is 1. The number of fused-ring (bicyclic) bond motifs is 2. The highest BCUT2D eigenvalue weighted by molar-refractivity contribution is 7.98. The maximum Gasteiger partial charge on any atom is 0.171 e. The second-order valence-electron chi connectivity index (χ2n) is 5.17. The minimum atomic E-state index is -0.0470. The standard InChI is InChI=1S/C18H18O2S/c1-3-14-15-7-5-4-6-12(15)11-21-17-10-13(20-2)8-9-16(17)18(14)19/h4-10,14H,3,11H2,1-2H3/t14-/m1/s1. The number of hydrogen-bond donors (Lipinski definition) is 0. The number of rotatable bonds is 2. The molecule has 1 atom stereocenters. The van der Waals surface area contributed by atoms with Gasteiger partial charge in [-0.2, -0.15) is 0 Å². The van der Waals surface area contributed by atoms with Gasteiger partial charge in [-0.15, -0.1) is 11.8 Å². The zero-order chi connectivity index (χ0) is 14.8. The summed E-state index contributed by atoms with van der Waals surface area (Å²) in [4.78, 5) is 13.9. The number of carbonyl (C=O) groups excluding carboxylic acids is 1. The van der Waals surface area contributed by atoms with Gasteiger partial charge in [-0.1, -0.05) is 31.2 Å². The Kier molecular flexibility index (Phi) is 4.02. The lowest BCUT2D eigenvalue weighted by Crippen LogP contribution is -2.16. The van der Waals surface area contributed by atoms with E-state index in [-0.39, 0.29) is 11.7 Å². The van der Waals surface area contributed by atoms with Gasteiger partial charge in [0.05, 0.1) is 7.11 Å². The first-order valence-electron chi connectivity index (χ1n) is 7.17. The van der Waals surface area contributed by atoms with Gasteiger partial charge in [0.25, 0.3) is 0 Å². The van der Waals surface area contributed by atoms with Crippen molar-refractivity contribution in [2.75, 3.05) is 7.11 Å². The molecule has 0 aliphatic carbocycles. The van der Waals surface area contributed by atoms with Crippen molar-refractivity contribution in [2.45, 2.75) is 29.9 Å². The molecular formula is C18H18O2S. The lowest BCUT2D eigenvalue weighted by atomic mass is 9.86. The fourth-order valence-electron chi connectivity index (χ4n) is 2.85. The molecule has 0 radical (unpaired) electrons. The van der Waals surface area contributed by atoms with Gasteiger partial charge in [0.15, 0.2) is 5.78 Å². The Morgan fingerprint density at radius 3 is 2.81 bits per heavy atom. The fourth-order valence-corrected chi connectivity index (χ4v) is 3.95. The lowest BCUT2D eigenvalue weighted by Gasteiger charge is -2.23. The smallest absolute Gasteiger partial charge is 0.171 e. The van der Waals surface area contributed by atoms with Crippen LogP contribution in [-0.2, 0) is 5.75 Å². The van der Waals surface area contributed by atoms with Crippen LogP contribution in [0.4, 0.5) is 0 Å². The molecule has 21 heavy (non-hydrogen) atoms. The zero-order valence-electron chi connectivity index (χ0n) is 12.3. The van der Waals surface area contributed by atoms with Gasteiger partial charge in [-0.25, -0.2) is 0 Å². The van der Waals surface area contributed by atoms with Gasteiger partial charge in [-0.3, -0.25) is 4.79 Å². The van der Waals surface area contributed by atoms with Crippen molar-refractivity contribution in [3.05, 3.63) is 59.2 Å². The van der Waals surface area contributed by atoms with E-state index in [4.69, 9.17) is 4.74 Å². The third kappa shape index (κ3) is 2.58. The highest BCUT2D eigenvalue weighted by Crippen LogP contribution is 2.38. The van der Waals surface area contributed by atoms with Gasteiger partial charge >= 0.3 is 0 Å². The summed E-state index contributed by atoms with van der Waals surface area (Å²) in [6.45, 7) is 2.08. The van der Waals surface area contributed by atoms with Crippen LogP contribution < -0.4 is 4.74 Å². The van der Waals surface area contributed by atoms with Crippen LogP contribution in [0.1, 0.15) is 40.7 Å². The summed E-state index contributed by atoms with van der Waals surface area (Å²) < 4.78 is 5.29. The number of carbonyl (C=O) groups is 1. The van der Waals surface area contributed by atoms with E-state index < -0.39 is 0 Å². The van der Waals surface area contributed by atoms with Crippen LogP contribution >= 0.6 is 11.8 Å². The van der Waals surface area contributed by atoms with Gasteiger partial charge in [-0.05, 0) is 35.7 Å². The summed E-state index contributed by atoms with van der Waals surface area (Å²) >= 11 is 1.71. The topological polar surface area (TPSA) is 26.3 Å². The molecule has 0 bridgehead atoms. The van der Waals surface area contributed by atoms with Crippen LogP contribution in [0.15, 0.2) is 47.4 Å². The molecule has 1 aliphatic rings. The molecule has 0 fully saturated rings. The molecule has 3 heteroatoms. The van der Waals surface area contributed by atoms with E-state index in [1.165, 1.54) is 11.1 Å². The van der Waals surface area contributed by atoms with Crippen LogP contribution in [-0.4, -0.2) is 12.9 Å². The van der Waals surface area contributed by atoms with Crippen molar-refractivity contribution in [3.63, 3.8) is 0 Å². The Bertz CT molecular complexity index is 679. The molecule has 0 amide bonds. The van der Waals surface area contributed by atoms with E-state index >= 15 is 0 Å². The molecule has 2 aromatic carbocycles. The number of benzene rings is 2. The monoisotopic (exact) mass is 298 g/mol. The number of Topliss-reactive ketones (excluding diaryl/α,β-unsaturated/α-hetero) is 1. The Morgan fingerprint density at radius 2 is 2.05 bits per heavy atom. The van der Waals surface area contributed by atoms with Crippen molar-refractivity contribution in [1.29, 1.82) is 0 Å². The van der Waals surface area contributed by atoms with E-state index in [9.17, 15) is 4.79 Å². The lowest BCUT2D eigenvalue weighted by molar-refractivity contribution is 0.0953. The van der Waals surface area contributed by atoms with Crippen molar-refractivity contribution in [3.8, 4) is 5.75 Å². The molecule has 0 unspecified atom stereocenters. The molecule has 2 nitrogen and oxygen atoms in total. The van der Waals surface area contributed by atoms with Crippen LogP contribution in [0.3, 0.4) is 0 Å². The highest BCUT2D eigenvalue weighted by atomic mass is 32.2. The first-order valence-corrected chi connectivity index (χ1v) is 8.16. The molecular weight excluding hydrogens is 280 g/mol.